The SMILES string of the molecule is CC1=C(c2nc(C(=O)O)c(C3CCCCC3)o2)C(=O)N2NC(C(F)(F)F)C(c3ccccc3)C2N1. The lowest BCUT2D eigenvalue weighted by Gasteiger charge is -2.34. The normalized spacial score (nSPS) is 25.5. The fraction of sp³-hybridized carbons (Fsp3) is 0.458. The van der Waals surface area contributed by atoms with E-state index in [1.807, 2.05) is 0 Å². The zero-order chi connectivity index (χ0) is 24.9. The van der Waals surface area contributed by atoms with Crippen LogP contribution in [0.3, 0.4) is 0 Å². The van der Waals surface area contributed by atoms with Crippen LogP contribution >= 0.6 is 0 Å². The van der Waals surface area contributed by atoms with Gasteiger partial charge in [-0.2, -0.15) is 13.2 Å². The Hall–Kier alpha value is -3.34. The molecule has 3 N–H and O–H groups in total. The van der Waals surface area contributed by atoms with Crippen molar-refractivity contribution in [3.8, 4) is 0 Å². The molecule has 2 fully saturated rings. The smallest absolute Gasteiger partial charge is 0.406 e. The van der Waals surface area contributed by atoms with Crippen molar-refractivity contribution in [2.24, 2.45) is 0 Å². The van der Waals surface area contributed by atoms with Gasteiger partial charge in [-0.25, -0.2) is 20.2 Å². The number of hydrogen-bond donors (Lipinski definition) is 3. The molecule has 186 valence electrons. The molecule has 3 heterocycles. The standard InChI is InChI=1S/C24H25F3N4O4/c1-12-15(21-29-17(23(33)34)18(35-21)14-10-6-3-7-11-14)22(32)31-20(28-12)16(13-8-4-2-5-9-13)19(30-31)24(25,26)27/h2,4-5,8-9,14,16,19-20,28,30H,3,6-7,10-11H2,1H3,(H,33,34). The molecule has 1 amide bonds. The molecule has 1 aromatic carbocycles. The van der Waals surface area contributed by atoms with Gasteiger partial charge in [0.15, 0.2) is 5.69 Å². The lowest BCUT2D eigenvalue weighted by atomic mass is 9.87. The number of hydrogen-bond acceptors (Lipinski definition) is 6. The number of alkyl halides is 3. The van der Waals surface area contributed by atoms with E-state index in [0.717, 1.165) is 37.1 Å². The lowest BCUT2D eigenvalue weighted by Crippen LogP contribution is -2.54. The lowest BCUT2D eigenvalue weighted by molar-refractivity contribution is -0.161. The molecule has 8 nitrogen and oxygen atoms in total. The van der Waals surface area contributed by atoms with Crippen molar-refractivity contribution < 1.29 is 32.3 Å². The molecular formula is C24H25F3N4O4. The maximum absolute atomic E-state index is 14.0. The van der Waals surface area contributed by atoms with E-state index in [1.54, 1.807) is 37.3 Å². The largest absolute Gasteiger partial charge is 0.476 e. The number of aromatic carboxylic acids is 1. The number of carboxylic acid groups (broad SMARTS) is 1. The number of rotatable bonds is 4. The highest BCUT2D eigenvalue weighted by Crippen LogP contribution is 2.43. The number of carbonyl (C=O) groups excluding carboxylic acids is 1. The van der Waals surface area contributed by atoms with Crippen molar-refractivity contribution in [2.45, 2.75) is 69.2 Å². The topological polar surface area (TPSA) is 108 Å². The summed E-state index contributed by atoms with van der Waals surface area (Å²) in [6, 6.07) is 6.20. The molecule has 2 aromatic rings. The summed E-state index contributed by atoms with van der Waals surface area (Å²) < 4.78 is 47.8. The molecule has 0 spiro atoms. The molecule has 1 aromatic heterocycles. The van der Waals surface area contributed by atoms with E-state index in [2.05, 4.69) is 15.7 Å². The molecule has 0 bridgehead atoms. The van der Waals surface area contributed by atoms with Crippen LogP contribution in [0.5, 0.6) is 0 Å². The third-order valence-electron chi connectivity index (χ3n) is 7.01. The molecule has 1 saturated carbocycles. The molecule has 1 aliphatic carbocycles. The van der Waals surface area contributed by atoms with Crippen LogP contribution in [-0.2, 0) is 4.79 Å². The quantitative estimate of drug-likeness (QED) is 0.591. The molecule has 0 radical (unpaired) electrons. The van der Waals surface area contributed by atoms with Gasteiger partial charge in [-0.3, -0.25) is 4.79 Å². The second-order valence-corrected chi connectivity index (χ2v) is 9.22. The van der Waals surface area contributed by atoms with E-state index >= 15 is 0 Å². The summed E-state index contributed by atoms with van der Waals surface area (Å²) in [5.74, 6) is -3.25. The molecule has 5 rings (SSSR count). The van der Waals surface area contributed by atoms with Gasteiger partial charge >= 0.3 is 12.1 Å². The van der Waals surface area contributed by atoms with Crippen LogP contribution in [0.25, 0.3) is 5.57 Å². The monoisotopic (exact) mass is 490 g/mol. The first kappa shape index (κ1) is 23.4. The van der Waals surface area contributed by atoms with Gasteiger partial charge in [0.05, 0.1) is 5.92 Å². The van der Waals surface area contributed by atoms with Gasteiger partial charge in [-0.1, -0.05) is 49.6 Å². The number of amides is 1. The van der Waals surface area contributed by atoms with Gasteiger partial charge in [0.25, 0.3) is 5.91 Å². The number of nitrogens with zero attached hydrogens (tertiary/aromatic N) is 2. The number of carboxylic acids is 1. The van der Waals surface area contributed by atoms with Crippen LogP contribution in [-0.4, -0.2) is 45.4 Å². The number of aromatic nitrogens is 1. The number of benzene rings is 1. The van der Waals surface area contributed by atoms with Crippen molar-refractivity contribution in [1.29, 1.82) is 0 Å². The molecular weight excluding hydrogens is 465 g/mol. The number of carbonyl (C=O) groups is 2. The molecule has 35 heavy (non-hydrogen) atoms. The maximum atomic E-state index is 14.0. The number of halogens is 3. The van der Waals surface area contributed by atoms with E-state index in [4.69, 9.17) is 4.42 Å². The Morgan fingerprint density at radius 3 is 2.49 bits per heavy atom. The maximum Gasteiger partial charge on any atom is 0.406 e. The predicted molar refractivity (Wildman–Crippen MR) is 118 cm³/mol. The first-order chi connectivity index (χ1) is 16.7. The molecule has 3 atom stereocenters. The third-order valence-corrected chi connectivity index (χ3v) is 7.01. The number of allylic oxidation sites excluding steroid dienone is 1. The van der Waals surface area contributed by atoms with Gasteiger partial charge in [0, 0.05) is 11.6 Å². The van der Waals surface area contributed by atoms with E-state index in [1.165, 1.54) is 0 Å². The van der Waals surface area contributed by atoms with Crippen LogP contribution in [0.2, 0.25) is 0 Å². The number of nitrogens with one attached hydrogen (secondary N) is 2. The predicted octanol–water partition coefficient (Wildman–Crippen LogP) is 4.14. The Balaban J connectivity index is 1.54. The van der Waals surface area contributed by atoms with Crippen LogP contribution in [0.4, 0.5) is 13.2 Å². The van der Waals surface area contributed by atoms with Crippen molar-refractivity contribution in [1.82, 2.24) is 20.7 Å². The minimum Gasteiger partial charge on any atom is -0.476 e. The van der Waals surface area contributed by atoms with E-state index in [-0.39, 0.29) is 34.5 Å². The summed E-state index contributed by atoms with van der Waals surface area (Å²) in [7, 11) is 0. The second-order valence-electron chi connectivity index (χ2n) is 9.22. The van der Waals surface area contributed by atoms with Gasteiger partial charge < -0.3 is 14.8 Å². The van der Waals surface area contributed by atoms with Crippen molar-refractivity contribution in [3.05, 3.63) is 58.9 Å². The molecule has 11 heteroatoms. The van der Waals surface area contributed by atoms with Crippen molar-refractivity contribution in [2.75, 3.05) is 0 Å². The van der Waals surface area contributed by atoms with Crippen LogP contribution in [0.15, 0.2) is 40.4 Å². The number of oxazole rings is 1. The molecule has 1 saturated heterocycles. The van der Waals surface area contributed by atoms with Gasteiger partial charge in [-0.15, -0.1) is 0 Å². The highest BCUT2D eigenvalue weighted by atomic mass is 19.4. The van der Waals surface area contributed by atoms with E-state index in [9.17, 15) is 27.9 Å². The van der Waals surface area contributed by atoms with Crippen molar-refractivity contribution in [3.63, 3.8) is 0 Å². The van der Waals surface area contributed by atoms with Gasteiger partial charge in [0.1, 0.15) is 23.5 Å². The summed E-state index contributed by atoms with van der Waals surface area (Å²) in [6.07, 6.45) is -1.21. The first-order valence-corrected chi connectivity index (χ1v) is 11.6. The van der Waals surface area contributed by atoms with E-state index in [0.29, 0.717) is 5.56 Å². The summed E-state index contributed by atoms with van der Waals surface area (Å²) in [6.45, 7) is 1.55. The van der Waals surface area contributed by atoms with Crippen LogP contribution < -0.4 is 10.7 Å². The number of fused-ring (bicyclic) bond motifs is 1. The Bertz CT molecular complexity index is 1170. The summed E-state index contributed by atoms with van der Waals surface area (Å²) >= 11 is 0. The van der Waals surface area contributed by atoms with Crippen LogP contribution in [0, 0.1) is 0 Å². The highest BCUT2D eigenvalue weighted by molar-refractivity contribution is 6.19. The Morgan fingerprint density at radius 2 is 1.86 bits per heavy atom. The number of hydrazine groups is 1. The minimum absolute atomic E-state index is 0.0899. The fourth-order valence-corrected chi connectivity index (χ4v) is 5.38. The Morgan fingerprint density at radius 1 is 1.17 bits per heavy atom. The summed E-state index contributed by atoms with van der Waals surface area (Å²) in [5.41, 5.74) is 2.69. The van der Waals surface area contributed by atoms with Gasteiger partial charge in [0.2, 0.25) is 5.89 Å². The Kier molecular flexibility index (Phi) is 5.82. The minimum atomic E-state index is -4.62. The van der Waals surface area contributed by atoms with Crippen LogP contribution in [0.1, 0.15) is 78.6 Å². The average molecular weight is 490 g/mol. The molecule has 3 unspecified atom stereocenters. The van der Waals surface area contributed by atoms with E-state index < -0.39 is 36.2 Å². The summed E-state index contributed by atoms with van der Waals surface area (Å²) in [5, 5.41) is 13.6. The highest BCUT2D eigenvalue weighted by Gasteiger charge is 2.58. The average Bonchev–Trinajstić information content (AvgIpc) is 3.43. The van der Waals surface area contributed by atoms with Gasteiger partial charge in [-0.05, 0) is 25.3 Å². The zero-order valence-corrected chi connectivity index (χ0v) is 18.9. The first-order valence-electron chi connectivity index (χ1n) is 11.6. The zero-order valence-electron chi connectivity index (χ0n) is 18.9. The Labute approximate surface area is 199 Å². The molecule has 3 aliphatic rings. The third kappa shape index (κ3) is 4.07. The summed E-state index contributed by atoms with van der Waals surface area (Å²) in [4.78, 5) is 29.5. The van der Waals surface area contributed by atoms with Crippen molar-refractivity contribution >= 4 is 17.4 Å². The molecule has 2 aliphatic heterocycles. The fourth-order valence-electron chi connectivity index (χ4n) is 5.38. The second kappa shape index (κ2) is 8.71.